The molecule has 1 aromatic heterocycles. The second-order valence-corrected chi connectivity index (χ2v) is 9.01. The Bertz CT molecular complexity index is 1230. The van der Waals surface area contributed by atoms with E-state index in [1.165, 1.54) is 0 Å². The standard InChI is InChI=1S/C28H32N4O4/c1-4-17-36-23-8-5-7-21(18-23)26(33)24-25(20-9-11-22(12-10-20)30(2)3)32(28(35)27(24)34)15-6-14-31-16-13-29-19-31/h5,7-13,16,18-19,25,33H,4,6,14-15,17H2,1-3H3/b26-24+. The summed E-state index contributed by atoms with van der Waals surface area (Å²) in [7, 11) is 3.90. The van der Waals surface area contributed by atoms with Gasteiger partial charge in [0.25, 0.3) is 11.7 Å². The Hall–Kier alpha value is -4.07. The number of Topliss-reactive ketones (excluding diaryl/α,β-unsaturated/α-hetero) is 1. The molecule has 1 aliphatic rings. The van der Waals surface area contributed by atoms with Crippen molar-refractivity contribution in [2.24, 2.45) is 0 Å². The van der Waals surface area contributed by atoms with Crippen molar-refractivity contribution in [1.29, 1.82) is 0 Å². The Kier molecular flexibility index (Phi) is 7.73. The van der Waals surface area contributed by atoms with E-state index in [9.17, 15) is 14.7 Å². The number of imidazole rings is 1. The van der Waals surface area contributed by atoms with Crippen molar-refractivity contribution < 1.29 is 19.4 Å². The number of anilines is 1. The molecule has 8 nitrogen and oxygen atoms in total. The first-order chi connectivity index (χ1) is 17.4. The summed E-state index contributed by atoms with van der Waals surface area (Å²) in [5, 5.41) is 11.3. The summed E-state index contributed by atoms with van der Waals surface area (Å²) in [6.07, 6.45) is 6.77. The number of likely N-dealkylation sites (tertiary alicyclic amines) is 1. The van der Waals surface area contributed by atoms with Crippen molar-refractivity contribution in [1.82, 2.24) is 14.5 Å². The van der Waals surface area contributed by atoms with Crippen LogP contribution in [0.2, 0.25) is 0 Å². The molecule has 0 saturated carbocycles. The van der Waals surface area contributed by atoms with Crippen LogP contribution < -0.4 is 9.64 Å². The van der Waals surface area contributed by atoms with Crippen molar-refractivity contribution >= 4 is 23.1 Å². The molecule has 188 valence electrons. The van der Waals surface area contributed by atoms with E-state index in [1.807, 2.05) is 60.9 Å². The lowest BCUT2D eigenvalue weighted by Crippen LogP contribution is -2.31. The fourth-order valence-electron chi connectivity index (χ4n) is 4.36. The van der Waals surface area contributed by atoms with Gasteiger partial charge in [0.2, 0.25) is 0 Å². The summed E-state index contributed by atoms with van der Waals surface area (Å²) in [5.41, 5.74) is 2.29. The third-order valence-electron chi connectivity index (χ3n) is 6.22. The van der Waals surface area contributed by atoms with Gasteiger partial charge < -0.3 is 24.2 Å². The molecule has 2 aromatic carbocycles. The number of rotatable bonds is 10. The molecule has 1 saturated heterocycles. The lowest BCUT2D eigenvalue weighted by Gasteiger charge is -2.26. The maximum atomic E-state index is 13.3. The van der Waals surface area contributed by atoms with E-state index in [0.717, 1.165) is 17.7 Å². The summed E-state index contributed by atoms with van der Waals surface area (Å²) < 4.78 is 7.64. The molecule has 36 heavy (non-hydrogen) atoms. The van der Waals surface area contributed by atoms with Crippen LogP contribution in [0, 0.1) is 0 Å². The van der Waals surface area contributed by atoms with Crippen molar-refractivity contribution in [2.45, 2.75) is 32.4 Å². The third-order valence-corrected chi connectivity index (χ3v) is 6.22. The molecule has 0 radical (unpaired) electrons. The number of hydrogen-bond donors (Lipinski definition) is 1. The normalized spacial score (nSPS) is 17.0. The summed E-state index contributed by atoms with van der Waals surface area (Å²) in [5.74, 6) is -0.893. The molecule has 2 heterocycles. The van der Waals surface area contributed by atoms with Gasteiger partial charge in [-0.25, -0.2) is 4.98 Å². The number of benzene rings is 2. The topological polar surface area (TPSA) is 87.9 Å². The smallest absolute Gasteiger partial charge is 0.295 e. The van der Waals surface area contributed by atoms with Gasteiger partial charge in [-0.1, -0.05) is 31.2 Å². The number of ether oxygens (including phenoxy) is 1. The zero-order valence-electron chi connectivity index (χ0n) is 20.9. The van der Waals surface area contributed by atoms with Crippen LogP contribution >= 0.6 is 0 Å². The number of amides is 1. The average molecular weight is 489 g/mol. The summed E-state index contributed by atoms with van der Waals surface area (Å²) in [6, 6.07) is 14.0. The summed E-state index contributed by atoms with van der Waals surface area (Å²) in [6.45, 7) is 3.58. The Morgan fingerprint density at radius 1 is 1.11 bits per heavy atom. The quantitative estimate of drug-likeness (QED) is 0.261. The van der Waals surface area contributed by atoms with Crippen molar-refractivity contribution in [3.05, 3.63) is 84.0 Å². The van der Waals surface area contributed by atoms with Crippen LogP contribution in [0.15, 0.2) is 72.8 Å². The lowest BCUT2D eigenvalue weighted by molar-refractivity contribution is -0.139. The van der Waals surface area contributed by atoms with E-state index >= 15 is 0 Å². The van der Waals surface area contributed by atoms with Gasteiger partial charge in [0.05, 0.1) is 24.5 Å². The predicted molar refractivity (Wildman–Crippen MR) is 139 cm³/mol. The summed E-state index contributed by atoms with van der Waals surface area (Å²) in [4.78, 5) is 34.1. The molecule has 1 unspecified atom stereocenters. The van der Waals surface area contributed by atoms with E-state index in [1.54, 1.807) is 41.7 Å². The van der Waals surface area contributed by atoms with Crippen molar-refractivity contribution in [3.8, 4) is 5.75 Å². The number of aryl methyl sites for hydroxylation is 1. The van der Waals surface area contributed by atoms with Gasteiger partial charge in [-0.2, -0.15) is 0 Å². The maximum absolute atomic E-state index is 13.3. The maximum Gasteiger partial charge on any atom is 0.295 e. The number of nitrogens with zero attached hydrogens (tertiary/aromatic N) is 4. The average Bonchev–Trinajstić information content (AvgIpc) is 3.49. The number of hydrogen-bond acceptors (Lipinski definition) is 6. The number of aliphatic hydroxyl groups excluding tert-OH is 1. The highest BCUT2D eigenvalue weighted by Crippen LogP contribution is 2.40. The summed E-state index contributed by atoms with van der Waals surface area (Å²) >= 11 is 0. The van der Waals surface area contributed by atoms with Crippen LogP contribution in [-0.2, 0) is 16.1 Å². The van der Waals surface area contributed by atoms with Gasteiger partial charge in [0.15, 0.2) is 0 Å². The molecular weight excluding hydrogens is 456 g/mol. The first kappa shape index (κ1) is 25.0. The van der Waals surface area contributed by atoms with Gasteiger partial charge in [0.1, 0.15) is 11.5 Å². The molecule has 1 amide bonds. The lowest BCUT2D eigenvalue weighted by atomic mass is 9.95. The van der Waals surface area contributed by atoms with Gasteiger partial charge in [0, 0.05) is 50.8 Å². The fraction of sp³-hybridized carbons (Fsp3) is 0.321. The minimum absolute atomic E-state index is 0.0906. The van der Waals surface area contributed by atoms with Crippen LogP contribution in [0.3, 0.4) is 0 Å². The Labute approximate surface area is 211 Å². The number of aromatic nitrogens is 2. The van der Waals surface area contributed by atoms with E-state index in [4.69, 9.17) is 4.74 Å². The van der Waals surface area contributed by atoms with Gasteiger partial charge in [-0.05, 0) is 42.7 Å². The number of carbonyl (C=O) groups is 2. The first-order valence-corrected chi connectivity index (χ1v) is 12.2. The Morgan fingerprint density at radius 3 is 2.56 bits per heavy atom. The van der Waals surface area contributed by atoms with Crippen LogP contribution in [0.25, 0.3) is 5.76 Å². The second kappa shape index (κ2) is 11.1. The molecule has 0 aliphatic carbocycles. The monoisotopic (exact) mass is 488 g/mol. The molecule has 0 bridgehead atoms. The van der Waals surface area contributed by atoms with Gasteiger partial charge >= 0.3 is 0 Å². The number of aliphatic hydroxyl groups is 1. The van der Waals surface area contributed by atoms with Gasteiger partial charge in [-0.15, -0.1) is 0 Å². The number of ketones is 1. The second-order valence-electron chi connectivity index (χ2n) is 9.01. The Balaban J connectivity index is 1.72. The first-order valence-electron chi connectivity index (χ1n) is 12.2. The molecule has 0 spiro atoms. The molecule has 4 rings (SSSR count). The molecule has 1 N–H and O–H groups in total. The fourth-order valence-corrected chi connectivity index (χ4v) is 4.36. The van der Waals surface area contributed by atoms with Crippen LogP contribution in [0.1, 0.15) is 36.9 Å². The third kappa shape index (κ3) is 5.27. The highest BCUT2D eigenvalue weighted by atomic mass is 16.5. The van der Waals surface area contributed by atoms with E-state index < -0.39 is 17.7 Å². The SMILES string of the molecule is CCCOc1cccc(/C(O)=C2\C(=O)C(=O)N(CCCn3ccnc3)C2c2ccc(N(C)C)cc2)c1. The van der Waals surface area contributed by atoms with E-state index in [2.05, 4.69) is 4.98 Å². The minimum atomic E-state index is -0.691. The number of carbonyl (C=O) groups excluding carboxylic acids is 2. The minimum Gasteiger partial charge on any atom is -0.507 e. The largest absolute Gasteiger partial charge is 0.507 e. The zero-order chi connectivity index (χ0) is 25.7. The van der Waals surface area contributed by atoms with E-state index in [0.29, 0.717) is 37.4 Å². The molecule has 1 fully saturated rings. The Morgan fingerprint density at radius 2 is 1.89 bits per heavy atom. The molecular formula is C28H32N4O4. The highest BCUT2D eigenvalue weighted by molar-refractivity contribution is 6.46. The van der Waals surface area contributed by atoms with Crippen LogP contribution in [0.4, 0.5) is 5.69 Å². The van der Waals surface area contributed by atoms with Gasteiger partial charge in [-0.3, -0.25) is 9.59 Å². The van der Waals surface area contributed by atoms with Crippen molar-refractivity contribution in [3.63, 3.8) is 0 Å². The highest BCUT2D eigenvalue weighted by Gasteiger charge is 2.45. The zero-order valence-corrected chi connectivity index (χ0v) is 20.9. The van der Waals surface area contributed by atoms with Crippen LogP contribution in [0.5, 0.6) is 5.75 Å². The molecule has 1 atom stereocenters. The molecule has 1 aliphatic heterocycles. The van der Waals surface area contributed by atoms with Crippen molar-refractivity contribution in [2.75, 3.05) is 32.1 Å². The van der Waals surface area contributed by atoms with Crippen LogP contribution in [-0.4, -0.2) is 58.5 Å². The predicted octanol–water partition coefficient (Wildman–Crippen LogP) is 4.25. The molecule has 3 aromatic rings. The molecule has 8 heteroatoms. The van der Waals surface area contributed by atoms with E-state index in [-0.39, 0.29) is 11.3 Å².